The van der Waals surface area contributed by atoms with Gasteiger partial charge in [-0.3, -0.25) is 14.5 Å². The largest absolute Gasteiger partial charge is 0.465 e. The van der Waals surface area contributed by atoms with Gasteiger partial charge in [-0.15, -0.1) is 0 Å². The summed E-state index contributed by atoms with van der Waals surface area (Å²) in [5.74, 6) is -0.113. The number of amides is 3. The van der Waals surface area contributed by atoms with Crippen molar-refractivity contribution in [3.05, 3.63) is 35.3 Å². The first-order valence-corrected chi connectivity index (χ1v) is 13.3. The number of hydrogen-bond acceptors (Lipinski definition) is 10. The number of aromatic nitrogens is 2. The van der Waals surface area contributed by atoms with E-state index in [2.05, 4.69) is 31.2 Å². The molecule has 5 N–H and O–H groups in total. The second-order valence-corrected chi connectivity index (χ2v) is 10.5. The van der Waals surface area contributed by atoms with Gasteiger partial charge in [0.1, 0.15) is 11.9 Å². The third-order valence-electron chi connectivity index (χ3n) is 7.53. The number of carbonyl (C=O) groups excluding carboxylic acids is 3. The van der Waals surface area contributed by atoms with E-state index in [9.17, 15) is 23.9 Å². The van der Waals surface area contributed by atoms with Crippen LogP contribution in [0.5, 0.6) is 5.88 Å². The number of fused-ring (bicyclic) bond motifs is 2. The zero-order chi connectivity index (χ0) is 27.8. The zero-order valence-electron chi connectivity index (χ0n) is 21.6. The Morgan fingerprint density at radius 3 is 2.98 bits per heavy atom. The summed E-state index contributed by atoms with van der Waals surface area (Å²) in [4.78, 5) is 46.2. The van der Waals surface area contributed by atoms with Crippen molar-refractivity contribution in [3.63, 3.8) is 0 Å². The molecule has 6 rings (SSSR count). The molecule has 40 heavy (non-hydrogen) atoms. The molecular weight excluding hydrogens is 525 g/mol. The van der Waals surface area contributed by atoms with Crippen LogP contribution in [0, 0.1) is 11.7 Å². The van der Waals surface area contributed by atoms with Crippen molar-refractivity contribution in [1.29, 1.82) is 0 Å². The van der Waals surface area contributed by atoms with Crippen molar-refractivity contribution in [2.45, 2.75) is 43.9 Å². The van der Waals surface area contributed by atoms with Gasteiger partial charge in [0, 0.05) is 12.2 Å². The van der Waals surface area contributed by atoms with Crippen molar-refractivity contribution in [3.8, 4) is 5.88 Å². The van der Waals surface area contributed by atoms with Gasteiger partial charge >= 0.3 is 6.09 Å². The summed E-state index contributed by atoms with van der Waals surface area (Å²) in [6.45, 7) is 1.80. The Hall–Kier alpha value is -3.88. The first kappa shape index (κ1) is 26.3. The number of rotatable bonds is 8. The van der Waals surface area contributed by atoms with Crippen LogP contribution in [-0.4, -0.2) is 84.0 Å². The number of anilines is 3. The number of nitrogens with one attached hydrogen (secondary N) is 4. The third-order valence-corrected chi connectivity index (χ3v) is 7.53. The molecule has 0 radical (unpaired) electrons. The van der Waals surface area contributed by atoms with Crippen LogP contribution in [0.1, 0.15) is 24.0 Å². The Bertz CT molecular complexity index is 1340. The number of nitrogens with zero attached hydrogens (tertiary/aromatic N) is 3. The van der Waals surface area contributed by atoms with Crippen LogP contribution in [-0.2, 0) is 27.2 Å². The molecule has 4 aliphatic rings. The molecule has 1 aromatic heterocycles. The number of carbonyl (C=O) groups is 3. The Balaban J connectivity index is 0.961. The summed E-state index contributed by atoms with van der Waals surface area (Å²) in [5.41, 5.74) is 1.98. The van der Waals surface area contributed by atoms with E-state index in [1.807, 2.05) is 6.07 Å². The molecule has 1 aliphatic carbocycles. The van der Waals surface area contributed by atoms with E-state index in [0.717, 1.165) is 5.56 Å². The molecule has 0 spiro atoms. The third kappa shape index (κ3) is 5.55. The van der Waals surface area contributed by atoms with E-state index in [4.69, 9.17) is 9.47 Å². The molecule has 0 bridgehead atoms. The maximum atomic E-state index is 14.8. The highest BCUT2D eigenvalue weighted by Gasteiger charge is 2.34. The standard InChI is InChI=1S/C26H30FN7O6/c27-19-6-15(31-24(37)20-7-16(35)9-29-20)5-14-3-13(4-18(14)19)8-28-2-1-17-11-34(26(38)40-17)21-10-30-25-23(32-21)33-22(36)12-39-25/h5-6,10,13,16-17,20,28-29,35H,1-4,7-9,11-12H2,(H,31,37)(H,32,33,36)/t13?,16-,17?,20-/m0/s1. The molecule has 2 unspecified atom stereocenters. The molecule has 212 valence electrons. The molecule has 0 saturated carbocycles. The topological polar surface area (TPSA) is 167 Å². The predicted molar refractivity (Wildman–Crippen MR) is 140 cm³/mol. The van der Waals surface area contributed by atoms with Gasteiger partial charge in [-0.05, 0) is 68.0 Å². The molecule has 13 nitrogen and oxygen atoms in total. The van der Waals surface area contributed by atoms with Gasteiger partial charge in [-0.1, -0.05) is 0 Å². The fourth-order valence-corrected chi connectivity index (χ4v) is 5.55. The average molecular weight is 556 g/mol. The molecular formula is C26H30FN7O6. The van der Waals surface area contributed by atoms with Gasteiger partial charge in [0.05, 0.1) is 24.9 Å². The number of ether oxygens (including phenoxy) is 2. The van der Waals surface area contributed by atoms with Crippen LogP contribution in [0.15, 0.2) is 18.3 Å². The Morgan fingerprint density at radius 2 is 2.15 bits per heavy atom. The Kier molecular flexibility index (Phi) is 7.21. The Morgan fingerprint density at radius 1 is 1.27 bits per heavy atom. The van der Waals surface area contributed by atoms with Crippen LogP contribution < -0.4 is 30.9 Å². The van der Waals surface area contributed by atoms with E-state index in [1.165, 1.54) is 17.2 Å². The summed E-state index contributed by atoms with van der Waals surface area (Å²) in [5, 5.41) is 21.3. The highest BCUT2D eigenvalue weighted by atomic mass is 19.1. The second kappa shape index (κ2) is 10.9. The maximum absolute atomic E-state index is 14.8. The number of hydrogen-bond donors (Lipinski definition) is 5. The quantitative estimate of drug-likeness (QED) is 0.286. The van der Waals surface area contributed by atoms with Crippen LogP contribution in [0.3, 0.4) is 0 Å². The molecule has 4 atom stereocenters. The predicted octanol–water partition coefficient (Wildman–Crippen LogP) is 0.328. The fraction of sp³-hybridized carbons (Fsp3) is 0.500. The van der Waals surface area contributed by atoms with Gasteiger partial charge in [-0.25, -0.2) is 19.2 Å². The summed E-state index contributed by atoms with van der Waals surface area (Å²) in [6, 6.07) is 2.69. The van der Waals surface area contributed by atoms with Gasteiger partial charge in [0.2, 0.25) is 5.91 Å². The summed E-state index contributed by atoms with van der Waals surface area (Å²) >= 11 is 0. The molecule has 2 saturated heterocycles. The number of aliphatic hydroxyl groups excluding tert-OH is 1. The van der Waals surface area contributed by atoms with Crippen molar-refractivity contribution in [1.82, 2.24) is 20.6 Å². The fourth-order valence-electron chi connectivity index (χ4n) is 5.55. The monoisotopic (exact) mass is 555 g/mol. The zero-order valence-corrected chi connectivity index (χ0v) is 21.6. The minimum Gasteiger partial charge on any atom is -0.465 e. The van der Waals surface area contributed by atoms with Gasteiger partial charge in [0.25, 0.3) is 11.8 Å². The molecule has 4 heterocycles. The highest BCUT2D eigenvalue weighted by Crippen LogP contribution is 2.32. The molecule has 14 heteroatoms. The molecule has 2 fully saturated rings. The normalized spacial score (nSPS) is 25.2. The summed E-state index contributed by atoms with van der Waals surface area (Å²) < 4.78 is 25.5. The molecule has 1 aromatic carbocycles. The van der Waals surface area contributed by atoms with Gasteiger partial charge in [-0.2, -0.15) is 0 Å². The second-order valence-electron chi connectivity index (χ2n) is 10.5. The van der Waals surface area contributed by atoms with Crippen LogP contribution in [0.2, 0.25) is 0 Å². The Labute approximate surface area is 228 Å². The van der Waals surface area contributed by atoms with Crippen LogP contribution in [0.4, 0.5) is 26.5 Å². The maximum Gasteiger partial charge on any atom is 0.415 e. The van der Waals surface area contributed by atoms with E-state index in [1.54, 1.807) is 0 Å². The van der Waals surface area contributed by atoms with Crippen LogP contribution >= 0.6 is 0 Å². The number of halogens is 1. The molecule has 3 amide bonds. The average Bonchev–Trinajstić information content (AvgIpc) is 3.64. The van der Waals surface area contributed by atoms with E-state index >= 15 is 0 Å². The van der Waals surface area contributed by atoms with Gasteiger partial charge < -0.3 is 35.8 Å². The lowest BCUT2D eigenvalue weighted by Crippen LogP contribution is -2.35. The highest BCUT2D eigenvalue weighted by molar-refractivity contribution is 5.95. The number of benzene rings is 1. The first-order chi connectivity index (χ1) is 19.3. The van der Waals surface area contributed by atoms with Crippen LogP contribution in [0.25, 0.3) is 0 Å². The van der Waals surface area contributed by atoms with Crippen molar-refractivity contribution in [2.75, 3.05) is 48.3 Å². The van der Waals surface area contributed by atoms with Crippen molar-refractivity contribution >= 4 is 35.2 Å². The van der Waals surface area contributed by atoms with Crippen molar-refractivity contribution < 1.29 is 33.4 Å². The summed E-state index contributed by atoms with van der Waals surface area (Å²) in [7, 11) is 0. The molecule has 3 aliphatic heterocycles. The SMILES string of the molecule is O=C1COc2ncc(N3CC(CCNCC4Cc5cc(NC(=O)[C@@H]6C[C@H](O)CN6)cc(F)c5C4)OC3=O)nc2N1. The van der Waals surface area contributed by atoms with Crippen molar-refractivity contribution in [2.24, 2.45) is 5.92 Å². The number of aliphatic hydroxyl groups is 1. The van der Waals surface area contributed by atoms with E-state index in [0.29, 0.717) is 63.1 Å². The van der Waals surface area contributed by atoms with Gasteiger partial charge in [0.15, 0.2) is 18.2 Å². The smallest absolute Gasteiger partial charge is 0.415 e. The van der Waals surface area contributed by atoms with E-state index < -0.39 is 18.2 Å². The first-order valence-electron chi connectivity index (χ1n) is 13.3. The molecule has 2 aromatic rings. The number of cyclic esters (lactones) is 1. The van der Waals surface area contributed by atoms with E-state index in [-0.39, 0.29) is 53.8 Å². The lowest BCUT2D eigenvalue weighted by molar-refractivity contribution is -0.119. The lowest BCUT2D eigenvalue weighted by atomic mass is 10.1. The summed E-state index contributed by atoms with van der Waals surface area (Å²) in [6.07, 6.45) is 2.17. The minimum atomic E-state index is -0.551. The minimum absolute atomic E-state index is 0.131. The lowest BCUT2D eigenvalue weighted by Gasteiger charge is -2.18. The number of β-amino-alcohol motifs (C(OH)–C–C–N with tert-alkyl or cyclic N) is 1.